The predicted octanol–water partition coefficient (Wildman–Crippen LogP) is 9.13. The second kappa shape index (κ2) is 22.0. The molecule has 0 bridgehead atoms. The summed E-state index contributed by atoms with van der Waals surface area (Å²) in [6.45, 7) is 20.0. The SMILES string of the molecule is C1CC2CCCC3CCCC(C1)C23.CC.CC.CC.CC.CC. The summed E-state index contributed by atoms with van der Waals surface area (Å²) in [5.74, 6) is 4.68. The van der Waals surface area contributed by atoms with E-state index in [4.69, 9.17) is 0 Å². The minimum absolute atomic E-state index is 1.16. The van der Waals surface area contributed by atoms with Crippen LogP contribution in [0.25, 0.3) is 0 Å². The molecule has 0 atom stereocenters. The fraction of sp³-hybridized carbons (Fsp3) is 1.00. The van der Waals surface area contributed by atoms with Crippen molar-refractivity contribution in [3.05, 3.63) is 0 Å². The van der Waals surface area contributed by atoms with E-state index in [1.165, 1.54) is 5.92 Å². The summed E-state index contributed by atoms with van der Waals surface area (Å²) in [5.41, 5.74) is 0. The van der Waals surface area contributed by atoms with E-state index >= 15 is 0 Å². The van der Waals surface area contributed by atoms with Crippen molar-refractivity contribution in [2.75, 3.05) is 0 Å². The average Bonchev–Trinajstić information content (AvgIpc) is 2.71. The average molecular weight is 329 g/mol. The van der Waals surface area contributed by atoms with Crippen LogP contribution < -0.4 is 0 Å². The molecule has 3 fully saturated rings. The van der Waals surface area contributed by atoms with Gasteiger partial charge >= 0.3 is 0 Å². The van der Waals surface area contributed by atoms with Crippen LogP contribution in [0.5, 0.6) is 0 Å². The molecule has 3 aliphatic carbocycles. The van der Waals surface area contributed by atoms with Crippen molar-refractivity contribution in [1.29, 1.82) is 0 Å². The molecular weight excluding hydrogens is 276 g/mol. The Labute approximate surface area is 151 Å². The van der Waals surface area contributed by atoms with Gasteiger partial charge in [-0.25, -0.2) is 0 Å². The Morgan fingerprint density at radius 3 is 0.696 bits per heavy atom. The summed E-state index contributed by atoms with van der Waals surface area (Å²) in [4.78, 5) is 0. The van der Waals surface area contributed by atoms with Gasteiger partial charge in [0.2, 0.25) is 0 Å². The van der Waals surface area contributed by atoms with Gasteiger partial charge < -0.3 is 0 Å². The summed E-state index contributed by atoms with van der Waals surface area (Å²) < 4.78 is 0. The van der Waals surface area contributed by atoms with Crippen molar-refractivity contribution < 1.29 is 0 Å². The highest BCUT2D eigenvalue weighted by Crippen LogP contribution is 2.52. The van der Waals surface area contributed by atoms with Crippen LogP contribution in [0.3, 0.4) is 0 Å². The summed E-state index contributed by atoms with van der Waals surface area (Å²) in [6, 6.07) is 0. The van der Waals surface area contributed by atoms with E-state index in [2.05, 4.69) is 0 Å². The highest BCUT2D eigenvalue weighted by Gasteiger charge is 2.42. The monoisotopic (exact) mass is 328 g/mol. The Kier molecular flexibility index (Phi) is 26.6. The molecule has 0 aromatic carbocycles. The van der Waals surface area contributed by atoms with E-state index in [0.29, 0.717) is 0 Å². The molecule has 0 amide bonds. The number of hydrogen-bond acceptors (Lipinski definition) is 0. The standard InChI is InChI=1S/C13H22.5C2H6/c1-4-10-6-2-8-12-9-3-7-11(5-1)13(10)12;5*1-2/h10-13H,1-9H2;5*1-2H3. The molecule has 0 saturated heterocycles. The van der Waals surface area contributed by atoms with Gasteiger partial charge in [0.25, 0.3) is 0 Å². The van der Waals surface area contributed by atoms with E-state index in [1.807, 2.05) is 69.2 Å². The first-order valence-electron chi connectivity index (χ1n) is 11.4. The van der Waals surface area contributed by atoms with Crippen LogP contribution in [0, 0.1) is 23.7 Å². The van der Waals surface area contributed by atoms with Gasteiger partial charge in [0, 0.05) is 0 Å². The molecule has 0 nitrogen and oxygen atoms in total. The first-order valence-corrected chi connectivity index (χ1v) is 11.4. The Bertz CT molecular complexity index is 139. The molecule has 0 heteroatoms. The summed E-state index contributed by atoms with van der Waals surface area (Å²) >= 11 is 0. The van der Waals surface area contributed by atoms with Crippen molar-refractivity contribution in [2.24, 2.45) is 23.7 Å². The van der Waals surface area contributed by atoms with E-state index in [9.17, 15) is 0 Å². The van der Waals surface area contributed by atoms with Crippen LogP contribution >= 0.6 is 0 Å². The van der Waals surface area contributed by atoms with Crippen LogP contribution in [0.15, 0.2) is 0 Å². The van der Waals surface area contributed by atoms with Gasteiger partial charge in [0.1, 0.15) is 0 Å². The van der Waals surface area contributed by atoms with Crippen molar-refractivity contribution in [3.8, 4) is 0 Å². The molecule has 0 unspecified atom stereocenters. The Morgan fingerprint density at radius 2 is 0.522 bits per heavy atom. The molecule has 0 N–H and O–H groups in total. The minimum Gasteiger partial charge on any atom is -0.0683 e. The summed E-state index contributed by atoms with van der Waals surface area (Å²) in [7, 11) is 0. The minimum atomic E-state index is 1.16. The smallest absolute Gasteiger partial charge is 0.0329 e. The van der Waals surface area contributed by atoms with Crippen molar-refractivity contribution in [1.82, 2.24) is 0 Å². The highest BCUT2D eigenvalue weighted by molar-refractivity contribution is 4.92. The number of hydrogen-bond donors (Lipinski definition) is 0. The maximum absolute atomic E-state index is 2.00. The molecule has 3 aliphatic rings. The Morgan fingerprint density at radius 1 is 0.348 bits per heavy atom. The first kappa shape index (κ1) is 27.8. The second-order valence-electron chi connectivity index (χ2n) is 5.65. The van der Waals surface area contributed by atoms with Crippen LogP contribution in [0.4, 0.5) is 0 Å². The van der Waals surface area contributed by atoms with Crippen molar-refractivity contribution >= 4 is 0 Å². The molecule has 0 radical (unpaired) electrons. The van der Waals surface area contributed by atoms with Gasteiger partial charge in [0.15, 0.2) is 0 Å². The second-order valence-corrected chi connectivity index (χ2v) is 5.65. The van der Waals surface area contributed by atoms with E-state index in [-0.39, 0.29) is 0 Å². The zero-order valence-electron chi connectivity index (χ0n) is 18.7. The number of rotatable bonds is 0. The van der Waals surface area contributed by atoms with E-state index in [0.717, 1.165) is 17.8 Å². The molecule has 3 saturated carbocycles. The van der Waals surface area contributed by atoms with Crippen molar-refractivity contribution in [3.63, 3.8) is 0 Å². The van der Waals surface area contributed by atoms with Crippen LogP contribution in [0.1, 0.15) is 127 Å². The lowest BCUT2D eigenvalue weighted by atomic mass is 9.56. The lowest BCUT2D eigenvalue weighted by Crippen LogP contribution is -2.39. The molecule has 3 rings (SSSR count). The highest BCUT2D eigenvalue weighted by atomic mass is 14.5. The normalized spacial score (nSPS) is 29.5. The van der Waals surface area contributed by atoms with Gasteiger partial charge in [-0.3, -0.25) is 0 Å². The van der Waals surface area contributed by atoms with E-state index < -0.39 is 0 Å². The molecule has 144 valence electrons. The molecule has 0 spiro atoms. The maximum atomic E-state index is 2.00. The molecule has 23 heavy (non-hydrogen) atoms. The van der Waals surface area contributed by atoms with Gasteiger partial charge in [-0.2, -0.15) is 0 Å². The van der Waals surface area contributed by atoms with Crippen LogP contribution in [0.2, 0.25) is 0 Å². The fourth-order valence-corrected chi connectivity index (χ4v) is 4.67. The van der Waals surface area contributed by atoms with Gasteiger partial charge in [0.05, 0.1) is 0 Å². The largest absolute Gasteiger partial charge is 0.0683 e. The van der Waals surface area contributed by atoms with Crippen molar-refractivity contribution in [2.45, 2.75) is 127 Å². The van der Waals surface area contributed by atoms with Gasteiger partial charge in [-0.1, -0.05) is 127 Å². The molecule has 0 aliphatic heterocycles. The third-order valence-corrected chi connectivity index (χ3v) is 5.08. The summed E-state index contributed by atoms with van der Waals surface area (Å²) in [5, 5.41) is 0. The lowest BCUT2D eigenvalue weighted by Gasteiger charge is -2.49. The molecule has 0 aromatic rings. The molecule has 0 aromatic heterocycles. The summed E-state index contributed by atoms with van der Waals surface area (Å²) in [6.07, 6.45) is 14.1. The van der Waals surface area contributed by atoms with Crippen LogP contribution in [-0.2, 0) is 0 Å². The van der Waals surface area contributed by atoms with Gasteiger partial charge in [-0.15, -0.1) is 0 Å². The van der Waals surface area contributed by atoms with Gasteiger partial charge in [-0.05, 0) is 23.7 Å². The zero-order chi connectivity index (χ0) is 18.7. The third kappa shape index (κ3) is 9.78. The Balaban J connectivity index is -0.000000348. The van der Waals surface area contributed by atoms with E-state index in [1.54, 1.807) is 57.8 Å². The van der Waals surface area contributed by atoms with Crippen LogP contribution in [-0.4, -0.2) is 0 Å². The Hall–Kier alpha value is 0. The quantitative estimate of drug-likeness (QED) is 0.416. The molecular formula is C23H52. The maximum Gasteiger partial charge on any atom is -0.0329 e. The predicted molar refractivity (Wildman–Crippen MR) is 112 cm³/mol. The first-order chi connectivity index (χ1) is 11.4. The topological polar surface area (TPSA) is 0 Å². The zero-order valence-corrected chi connectivity index (χ0v) is 18.7. The lowest BCUT2D eigenvalue weighted by molar-refractivity contribution is 0.0123. The fourth-order valence-electron chi connectivity index (χ4n) is 4.67. The third-order valence-electron chi connectivity index (χ3n) is 5.08. The molecule has 0 heterocycles.